The number of hydrogen-bond donors (Lipinski definition) is 2. The van der Waals surface area contributed by atoms with Gasteiger partial charge in [0, 0.05) is 0 Å². The Morgan fingerprint density at radius 3 is 2.65 bits per heavy atom. The Balaban J connectivity index is 2.41. The Morgan fingerprint density at radius 1 is 1.20 bits per heavy atom. The van der Waals surface area contributed by atoms with Crippen molar-refractivity contribution in [1.82, 2.24) is 0 Å². The van der Waals surface area contributed by atoms with E-state index >= 15 is 0 Å². The van der Waals surface area contributed by atoms with E-state index in [9.17, 15) is 12.8 Å². The van der Waals surface area contributed by atoms with E-state index in [1.165, 1.54) is 30.3 Å². The Bertz CT molecular complexity index is 798. The summed E-state index contributed by atoms with van der Waals surface area (Å²) in [6, 6.07) is 10.9. The number of anilines is 2. The van der Waals surface area contributed by atoms with E-state index in [1.54, 1.807) is 0 Å². The first kappa shape index (κ1) is 13.8. The summed E-state index contributed by atoms with van der Waals surface area (Å²) in [5.41, 5.74) is 5.99. The third kappa shape index (κ3) is 2.87. The largest absolute Gasteiger partial charge is 0.398 e. The van der Waals surface area contributed by atoms with Crippen LogP contribution < -0.4 is 10.5 Å². The van der Waals surface area contributed by atoms with Gasteiger partial charge in [-0.05, 0) is 36.4 Å². The maximum absolute atomic E-state index is 13.1. The molecule has 20 heavy (non-hydrogen) atoms. The molecule has 2 aromatic carbocycles. The Morgan fingerprint density at radius 2 is 1.95 bits per heavy atom. The molecule has 0 saturated carbocycles. The molecule has 0 aromatic heterocycles. The van der Waals surface area contributed by atoms with Crippen molar-refractivity contribution < 1.29 is 12.8 Å². The van der Waals surface area contributed by atoms with Crippen LogP contribution in [0, 0.1) is 17.1 Å². The minimum absolute atomic E-state index is 0.0599. The van der Waals surface area contributed by atoms with Gasteiger partial charge in [-0.15, -0.1) is 0 Å². The molecular formula is C13H10FN3O2S. The predicted molar refractivity (Wildman–Crippen MR) is 72.8 cm³/mol. The van der Waals surface area contributed by atoms with Crippen molar-refractivity contribution in [1.29, 1.82) is 5.26 Å². The minimum atomic E-state index is -4.02. The van der Waals surface area contributed by atoms with Gasteiger partial charge in [0.25, 0.3) is 10.0 Å². The molecule has 5 nitrogen and oxygen atoms in total. The van der Waals surface area contributed by atoms with Crippen LogP contribution in [0.4, 0.5) is 15.8 Å². The molecule has 0 amide bonds. The molecule has 0 fully saturated rings. The Kier molecular flexibility index (Phi) is 3.59. The van der Waals surface area contributed by atoms with Crippen LogP contribution in [0.25, 0.3) is 0 Å². The lowest BCUT2D eigenvalue weighted by Crippen LogP contribution is -2.15. The summed E-state index contributed by atoms with van der Waals surface area (Å²) in [6.07, 6.45) is 0. The first-order valence-electron chi connectivity index (χ1n) is 5.50. The van der Waals surface area contributed by atoms with Gasteiger partial charge in [0.1, 0.15) is 10.7 Å². The molecule has 2 rings (SSSR count). The zero-order valence-corrected chi connectivity index (χ0v) is 11.0. The summed E-state index contributed by atoms with van der Waals surface area (Å²) in [4.78, 5) is -0.347. The third-order valence-corrected chi connectivity index (χ3v) is 3.95. The lowest BCUT2D eigenvalue weighted by Gasteiger charge is -2.10. The van der Waals surface area contributed by atoms with Gasteiger partial charge in [-0.3, -0.25) is 4.72 Å². The molecule has 0 aliphatic rings. The molecule has 102 valence electrons. The van der Waals surface area contributed by atoms with E-state index < -0.39 is 15.8 Å². The van der Waals surface area contributed by atoms with Gasteiger partial charge < -0.3 is 5.73 Å². The van der Waals surface area contributed by atoms with Crippen molar-refractivity contribution in [3.63, 3.8) is 0 Å². The van der Waals surface area contributed by atoms with Crippen LogP contribution in [0.5, 0.6) is 0 Å². The number of nitrogens with zero attached hydrogens (tertiary/aromatic N) is 1. The maximum Gasteiger partial charge on any atom is 0.264 e. The number of benzene rings is 2. The zero-order chi connectivity index (χ0) is 14.8. The van der Waals surface area contributed by atoms with E-state index in [0.717, 1.165) is 12.1 Å². The van der Waals surface area contributed by atoms with E-state index in [-0.39, 0.29) is 16.3 Å². The van der Waals surface area contributed by atoms with Gasteiger partial charge in [0.2, 0.25) is 0 Å². The third-order valence-electron chi connectivity index (χ3n) is 2.51. The fourth-order valence-electron chi connectivity index (χ4n) is 1.60. The lowest BCUT2D eigenvalue weighted by molar-refractivity contribution is 0.596. The molecule has 0 spiro atoms. The topological polar surface area (TPSA) is 96.0 Å². The molecule has 0 radical (unpaired) electrons. The number of sulfonamides is 1. The van der Waals surface area contributed by atoms with Crippen LogP contribution in [0.1, 0.15) is 5.56 Å². The van der Waals surface area contributed by atoms with E-state index in [2.05, 4.69) is 4.72 Å². The average molecular weight is 291 g/mol. The highest BCUT2D eigenvalue weighted by atomic mass is 32.2. The second-order valence-corrected chi connectivity index (χ2v) is 5.63. The first-order chi connectivity index (χ1) is 9.42. The second kappa shape index (κ2) is 5.19. The number of nitrogens with one attached hydrogen (secondary N) is 1. The molecule has 0 heterocycles. The molecule has 3 N–H and O–H groups in total. The summed E-state index contributed by atoms with van der Waals surface area (Å²) in [5, 5.41) is 8.76. The standard InChI is InChI=1S/C13H10FN3O2S/c14-10-4-5-12(16)13(7-10)20(18,19)17-11-3-1-2-9(6-11)8-15/h1-7,17H,16H2. The van der Waals surface area contributed by atoms with Crippen molar-refractivity contribution in [2.75, 3.05) is 10.5 Å². The zero-order valence-electron chi connectivity index (χ0n) is 10.2. The molecular weight excluding hydrogens is 281 g/mol. The smallest absolute Gasteiger partial charge is 0.264 e. The maximum atomic E-state index is 13.1. The molecule has 7 heteroatoms. The Labute approximate surface area is 115 Å². The summed E-state index contributed by atoms with van der Waals surface area (Å²) >= 11 is 0. The van der Waals surface area contributed by atoms with Gasteiger partial charge in [-0.2, -0.15) is 5.26 Å². The molecule has 0 unspecified atom stereocenters. The van der Waals surface area contributed by atoms with Crippen LogP contribution in [0.15, 0.2) is 47.4 Å². The van der Waals surface area contributed by atoms with Gasteiger partial charge in [-0.1, -0.05) is 6.07 Å². The van der Waals surface area contributed by atoms with Crippen LogP contribution >= 0.6 is 0 Å². The number of rotatable bonds is 3. The van der Waals surface area contributed by atoms with E-state index in [1.807, 2.05) is 6.07 Å². The highest BCUT2D eigenvalue weighted by molar-refractivity contribution is 7.92. The molecule has 2 aromatic rings. The van der Waals surface area contributed by atoms with Crippen molar-refractivity contribution in [3.05, 3.63) is 53.8 Å². The van der Waals surface area contributed by atoms with Crippen molar-refractivity contribution >= 4 is 21.4 Å². The number of nitrogen functional groups attached to an aromatic ring is 1. The molecule has 0 bridgehead atoms. The monoisotopic (exact) mass is 291 g/mol. The lowest BCUT2D eigenvalue weighted by atomic mass is 10.2. The quantitative estimate of drug-likeness (QED) is 0.846. The average Bonchev–Trinajstić information content (AvgIpc) is 2.41. The van der Waals surface area contributed by atoms with Crippen molar-refractivity contribution in [2.45, 2.75) is 4.90 Å². The van der Waals surface area contributed by atoms with Crippen molar-refractivity contribution in [2.24, 2.45) is 0 Å². The number of hydrogen-bond acceptors (Lipinski definition) is 4. The first-order valence-corrected chi connectivity index (χ1v) is 6.99. The molecule has 0 aliphatic heterocycles. The number of nitrogens with two attached hydrogens (primary N) is 1. The van der Waals surface area contributed by atoms with Gasteiger partial charge in [0.15, 0.2) is 0 Å². The van der Waals surface area contributed by atoms with Gasteiger partial charge in [0.05, 0.1) is 23.0 Å². The highest BCUT2D eigenvalue weighted by Crippen LogP contribution is 2.22. The predicted octanol–water partition coefficient (Wildman–Crippen LogP) is 2.08. The van der Waals surface area contributed by atoms with Gasteiger partial charge >= 0.3 is 0 Å². The summed E-state index contributed by atoms with van der Waals surface area (Å²) in [5.74, 6) is -0.703. The minimum Gasteiger partial charge on any atom is -0.398 e. The number of nitriles is 1. The Hall–Kier alpha value is -2.59. The molecule has 0 saturated heterocycles. The van der Waals surface area contributed by atoms with Crippen LogP contribution in [-0.2, 0) is 10.0 Å². The molecule has 0 aliphatic carbocycles. The van der Waals surface area contributed by atoms with Crippen LogP contribution in [0.3, 0.4) is 0 Å². The fraction of sp³-hybridized carbons (Fsp3) is 0. The van der Waals surface area contributed by atoms with Crippen LogP contribution in [0.2, 0.25) is 0 Å². The summed E-state index contributed by atoms with van der Waals surface area (Å²) in [7, 11) is -4.02. The normalized spacial score (nSPS) is 10.8. The van der Waals surface area contributed by atoms with Gasteiger partial charge in [-0.25, -0.2) is 12.8 Å². The van der Waals surface area contributed by atoms with E-state index in [0.29, 0.717) is 5.56 Å². The summed E-state index contributed by atoms with van der Waals surface area (Å²) in [6.45, 7) is 0. The van der Waals surface area contributed by atoms with E-state index in [4.69, 9.17) is 11.0 Å². The van der Waals surface area contributed by atoms with Crippen molar-refractivity contribution in [3.8, 4) is 6.07 Å². The fourth-order valence-corrected chi connectivity index (χ4v) is 2.80. The van der Waals surface area contributed by atoms with Crippen LogP contribution in [-0.4, -0.2) is 8.42 Å². The second-order valence-electron chi connectivity index (χ2n) is 3.98. The molecule has 0 atom stereocenters. The number of halogens is 1. The SMILES string of the molecule is N#Cc1cccc(NS(=O)(=O)c2cc(F)ccc2N)c1. The summed E-state index contributed by atoms with van der Waals surface area (Å²) < 4.78 is 39.7. The highest BCUT2D eigenvalue weighted by Gasteiger charge is 2.18.